The summed E-state index contributed by atoms with van der Waals surface area (Å²) in [6.45, 7) is 1.50. The van der Waals surface area contributed by atoms with Gasteiger partial charge in [-0.2, -0.15) is 0 Å². The lowest BCUT2D eigenvalue weighted by molar-refractivity contribution is 0.265. The van der Waals surface area contributed by atoms with Gasteiger partial charge < -0.3 is 15.7 Å². The van der Waals surface area contributed by atoms with E-state index in [0.29, 0.717) is 12.5 Å². The van der Waals surface area contributed by atoms with Crippen LogP contribution in [0, 0.1) is 0 Å². The largest absolute Gasteiger partial charge is 0.394 e. The van der Waals surface area contributed by atoms with E-state index in [4.69, 9.17) is 5.73 Å². The Balaban J connectivity index is 2.20. The molecule has 3 N–H and O–H groups in total. The standard InChI is InChI=1S/C10H16N4O/c11-6-8-3-4-12-10(13-8)14-5-1-2-9(14)7-15/h3-4,9,15H,1-2,5-7,11H2. The summed E-state index contributed by atoms with van der Waals surface area (Å²) in [5, 5.41) is 9.20. The van der Waals surface area contributed by atoms with Crippen LogP contribution in [0.4, 0.5) is 5.95 Å². The van der Waals surface area contributed by atoms with Crippen LogP contribution in [0.25, 0.3) is 0 Å². The molecule has 0 aliphatic carbocycles. The van der Waals surface area contributed by atoms with Gasteiger partial charge in [0.25, 0.3) is 0 Å². The third kappa shape index (κ3) is 2.08. The third-order valence-electron chi connectivity index (χ3n) is 2.75. The van der Waals surface area contributed by atoms with Crippen molar-refractivity contribution in [2.75, 3.05) is 18.1 Å². The molecule has 1 aliphatic heterocycles. The first-order valence-electron chi connectivity index (χ1n) is 5.24. The van der Waals surface area contributed by atoms with E-state index in [1.807, 2.05) is 6.07 Å². The van der Waals surface area contributed by atoms with Gasteiger partial charge in [-0.25, -0.2) is 9.97 Å². The summed E-state index contributed by atoms with van der Waals surface area (Å²) >= 11 is 0. The number of aliphatic hydroxyl groups is 1. The summed E-state index contributed by atoms with van der Waals surface area (Å²) in [5.41, 5.74) is 6.36. The summed E-state index contributed by atoms with van der Waals surface area (Å²) in [7, 11) is 0. The lowest BCUT2D eigenvalue weighted by atomic mass is 10.2. The van der Waals surface area contributed by atoms with Crippen molar-refractivity contribution in [1.82, 2.24) is 9.97 Å². The zero-order valence-corrected chi connectivity index (χ0v) is 8.63. The van der Waals surface area contributed by atoms with E-state index in [2.05, 4.69) is 14.9 Å². The van der Waals surface area contributed by atoms with Crippen molar-refractivity contribution in [3.8, 4) is 0 Å². The third-order valence-corrected chi connectivity index (χ3v) is 2.75. The van der Waals surface area contributed by atoms with Gasteiger partial charge in [-0.05, 0) is 18.9 Å². The van der Waals surface area contributed by atoms with Gasteiger partial charge in [-0.3, -0.25) is 0 Å². The molecule has 1 fully saturated rings. The number of aliphatic hydroxyl groups excluding tert-OH is 1. The molecule has 15 heavy (non-hydrogen) atoms. The molecule has 1 aromatic rings. The molecular formula is C10H16N4O. The molecule has 1 saturated heterocycles. The highest BCUT2D eigenvalue weighted by molar-refractivity contribution is 5.33. The van der Waals surface area contributed by atoms with Gasteiger partial charge in [0.2, 0.25) is 5.95 Å². The lowest BCUT2D eigenvalue weighted by Gasteiger charge is -2.22. The van der Waals surface area contributed by atoms with Crippen molar-refractivity contribution in [2.45, 2.75) is 25.4 Å². The molecule has 5 heteroatoms. The zero-order valence-electron chi connectivity index (χ0n) is 8.63. The minimum atomic E-state index is 0.163. The van der Waals surface area contributed by atoms with Crippen LogP contribution in [-0.4, -0.2) is 34.3 Å². The molecule has 1 atom stereocenters. The van der Waals surface area contributed by atoms with E-state index in [1.165, 1.54) is 0 Å². The van der Waals surface area contributed by atoms with Gasteiger partial charge in [-0.1, -0.05) is 0 Å². The summed E-state index contributed by atoms with van der Waals surface area (Å²) in [6, 6.07) is 1.98. The number of rotatable bonds is 3. The summed E-state index contributed by atoms with van der Waals surface area (Å²) in [5.74, 6) is 0.689. The lowest BCUT2D eigenvalue weighted by Crippen LogP contribution is -2.33. The van der Waals surface area contributed by atoms with Gasteiger partial charge in [0.05, 0.1) is 18.3 Å². The number of anilines is 1. The molecule has 1 unspecified atom stereocenters. The zero-order chi connectivity index (χ0) is 10.7. The number of nitrogens with two attached hydrogens (primary N) is 1. The van der Waals surface area contributed by atoms with Crippen molar-refractivity contribution in [3.63, 3.8) is 0 Å². The van der Waals surface area contributed by atoms with Crippen molar-refractivity contribution in [1.29, 1.82) is 0 Å². The molecule has 0 spiro atoms. The van der Waals surface area contributed by atoms with Crippen molar-refractivity contribution >= 4 is 5.95 Å². The van der Waals surface area contributed by atoms with E-state index < -0.39 is 0 Å². The molecule has 0 aromatic carbocycles. The van der Waals surface area contributed by atoms with E-state index in [9.17, 15) is 5.11 Å². The fraction of sp³-hybridized carbons (Fsp3) is 0.600. The second kappa shape index (κ2) is 4.55. The Bertz CT molecular complexity index is 331. The molecule has 0 saturated carbocycles. The van der Waals surface area contributed by atoms with Gasteiger partial charge >= 0.3 is 0 Å². The Morgan fingerprint density at radius 1 is 1.60 bits per heavy atom. The smallest absolute Gasteiger partial charge is 0.225 e. The van der Waals surface area contributed by atoms with Crippen LogP contribution in [0.3, 0.4) is 0 Å². The molecule has 0 bridgehead atoms. The predicted molar refractivity (Wildman–Crippen MR) is 57.4 cm³/mol. The SMILES string of the molecule is NCc1ccnc(N2CCCC2CO)n1. The fourth-order valence-electron chi connectivity index (χ4n) is 1.93. The van der Waals surface area contributed by atoms with E-state index in [1.54, 1.807) is 6.20 Å². The van der Waals surface area contributed by atoms with Crippen molar-refractivity contribution in [3.05, 3.63) is 18.0 Å². The van der Waals surface area contributed by atoms with Crippen LogP contribution < -0.4 is 10.6 Å². The van der Waals surface area contributed by atoms with Crippen molar-refractivity contribution in [2.24, 2.45) is 5.73 Å². The second-order valence-corrected chi connectivity index (χ2v) is 3.72. The Labute approximate surface area is 88.9 Å². The maximum Gasteiger partial charge on any atom is 0.225 e. The number of nitrogens with zero attached hydrogens (tertiary/aromatic N) is 3. The molecule has 82 valence electrons. The van der Waals surface area contributed by atoms with Gasteiger partial charge in [0, 0.05) is 19.3 Å². The first-order valence-corrected chi connectivity index (χ1v) is 5.24. The van der Waals surface area contributed by atoms with Gasteiger partial charge in [0.15, 0.2) is 0 Å². The fourth-order valence-corrected chi connectivity index (χ4v) is 1.93. The normalized spacial score (nSPS) is 20.9. The Morgan fingerprint density at radius 2 is 2.47 bits per heavy atom. The Morgan fingerprint density at radius 3 is 3.20 bits per heavy atom. The minimum absolute atomic E-state index is 0.163. The highest BCUT2D eigenvalue weighted by Crippen LogP contribution is 2.21. The highest BCUT2D eigenvalue weighted by atomic mass is 16.3. The average Bonchev–Trinajstić information content (AvgIpc) is 2.77. The quantitative estimate of drug-likeness (QED) is 0.725. The maximum atomic E-state index is 9.20. The van der Waals surface area contributed by atoms with Crippen LogP contribution in [0.5, 0.6) is 0 Å². The highest BCUT2D eigenvalue weighted by Gasteiger charge is 2.25. The summed E-state index contributed by atoms with van der Waals surface area (Å²) < 4.78 is 0. The summed E-state index contributed by atoms with van der Waals surface area (Å²) in [4.78, 5) is 10.6. The molecular weight excluding hydrogens is 192 g/mol. The molecule has 2 heterocycles. The van der Waals surface area contributed by atoms with Crippen LogP contribution in [0.2, 0.25) is 0 Å². The van der Waals surface area contributed by atoms with Crippen LogP contribution >= 0.6 is 0 Å². The number of hydrogen-bond donors (Lipinski definition) is 2. The van der Waals surface area contributed by atoms with E-state index in [0.717, 1.165) is 25.1 Å². The molecule has 0 amide bonds. The molecule has 0 radical (unpaired) electrons. The summed E-state index contributed by atoms with van der Waals surface area (Å²) in [6.07, 6.45) is 3.81. The van der Waals surface area contributed by atoms with E-state index in [-0.39, 0.29) is 12.6 Å². The van der Waals surface area contributed by atoms with Crippen LogP contribution in [0.1, 0.15) is 18.5 Å². The Hall–Kier alpha value is -1.20. The molecule has 1 aliphatic rings. The van der Waals surface area contributed by atoms with Crippen LogP contribution in [0.15, 0.2) is 12.3 Å². The van der Waals surface area contributed by atoms with Crippen LogP contribution in [-0.2, 0) is 6.54 Å². The Kier molecular flexibility index (Phi) is 3.13. The maximum absolute atomic E-state index is 9.20. The average molecular weight is 208 g/mol. The number of hydrogen-bond acceptors (Lipinski definition) is 5. The van der Waals surface area contributed by atoms with Gasteiger partial charge in [-0.15, -0.1) is 0 Å². The number of aromatic nitrogens is 2. The van der Waals surface area contributed by atoms with E-state index >= 15 is 0 Å². The predicted octanol–water partition coefficient (Wildman–Crippen LogP) is -0.104. The molecule has 1 aromatic heterocycles. The monoisotopic (exact) mass is 208 g/mol. The second-order valence-electron chi connectivity index (χ2n) is 3.72. The van der Waals surface area contributed by atoms with Crippen molar-refractivity contribution < 1.29 is 5.11 Å². The van der Waals surface area contributed by atoms with Gasteiger partial charge in [0.1, 0.15) is 0 Å². The molecule has 5 nitrogen and oxygen atoms in total. The topological polar surface area (TPSA) is 75.3 Å². The minimum Gasteiger partial charge on any atom is -0.394 e. The molecule has 2 rings (SSSR count). The first kappa shape index (κ1) is 10.3. The first-order chi connectivity index (χ1) is 7.35.